The summed E-state index contributed by atoms with van der Waals surface area (Å²) in [6, 6.07) is 7.60. The van der Waals surface area contributed by atoms with E-state index in [1.807, 2.05) is 0 Å². The van der Waals surface area contributed by atoms with E-state index in [0.29, 0.717) is 17.0 Å². The number of hydrogen-bond donors (Lipinski definition) is 1. The van der Waals surface area contributed by atoms with Crippen molar-refractivity contribution in [2.45, 2.75) is 6.61 Å². The van der Waals surface area contributed by atoms with Gasteiger partial charge < -0.3 is 9.84 Å². The second-order valence-corrected chi connectivity index (χ2v) is 4.67. The Morgan fingerprint density at radius 1 is 1.35 bits per heavy atom. The molecular formula is C15H13FN3NaO3. The molecule has 2 aromatic heterocycles. The average Bonchev–Trinajstić information content (AvgIpc) is 2.91. The zero-order valence-corrected chi connectivity index (χ0v) is 11.7. The topological polar surface area (TPSA) is 76.7 Å². The Morgan fingerprint density at radius 3 is 2.65 bits per heavy atom. The minimum absolute atomic E-state index is 0. The number of ether oxygens (including phenoxy) is 1. The summed E-state index contributed by atoms with van der Waals surface area (Å²) < 4.78 is 19.6. The number of carbonyl (C=O) groups is 1. The van der Waals surface area contributed by atoms with Crippen LogP contribution in [0.3, 0.4) is 0 Å². The fourth-order valence-electron chi connectivity index (χ4n) is 2.21. The quantitative estimate of drug-likeness (QED) is 0.739. The molecule has 0 aliphatic rings. The van der Waals surface area contributed by atoms with Crippen molar-refractivity contribution in [3.8, 4) is 11.3 Å². The number of rotatable bonds is 4. The van der Waals surface area contributed by atoms with Gasteiger partial charge >= 0.3 is 35.5 Å². The number of carboxylic acids is 1. The molecule has 0 radical (unpaired) electrons. The fraction of sp³-hybridized carbons (Fsp3) is 0.133. The van der Waals surface area contributed by atoms with Gasteiger partial charge in [0.15, 0.2) is 5.65 Å². The van der Waals surface area contributed by atoms with Gasteiger partial charge in [0.2, 0.25) is 0 Å². The summed E-state index contributed by atoms with van der Waals surface area (Å²) in [6.07, 6.45) is 1.24. The fourth-order valence-corrected chi connectivity index (χ4v) is 2.21. The van der Waals surface area contributed by atoms with Crippen LogP contribution in [0.4, 0.5) is 4.39 Å². The molecule has 0 atom stereocenters. The van der Waals surface area contributed by atoms with Crippen molar-refractivity contribution in [3.05, 3.63) is 53.6 Å². The number of carboxylic acid groups (broad SMARTS) is 1. The Kier molecular flexibility index (Phi) is 5.48. The van der Waals surface area contributed by atoms with Crippen LogP contribution < -0.4 is 0 Å². The molecule has 0 fully saturated rings. The molecule has 0 amide bonds. The van der Waals surface area contributed by atoms with Crippen LogP contribution in [0.5, 0.6) is 0 Å². The van der Waals surface area contributed by atoms with Crippen LogP contribution in [0.15, 0.2) is 36.5 Å². The van der Waals surface area contributed by atoms with Crippen molar-refractivity contribution < 1.29 is 19.0 Å². The molecule has 0 aliphatic carbocycles. The molecule has 3 aromatic rings. The van der Waals surface area contributed by atoms with Crippen LogP contribution in [0.2, 0.25) is 0 Å². The third-order valence-electron chi connectivity index (χ3n) is 3.19. The summed E-state index contributed by atoms with van der Waals surface area (Å²) in [5.41, 5.74) is 2.11. The molecule has 6 nitrogen and oxygen atoms in total. The van der Waals surface area contributed by atoms with Gasteiger partial charge in [0.1, 0.15) is 11.4 Å². The second-order valence-electron chi connectivity index (χ2n) is 4.67. The van der Waals surface area contributed by atoms with E-state index in [0.717, 1.165) is 0 Å². The van der Waals surface area contributed by atoms with E-state index in [1.54, 1.807) is 18.2 Å². The van der Waals surface area contributed by atoms with Gasteiger partial charge in [-0.2, -0.15) is 5.10 Å². The van der Waals surface area contributed by atoms with Crippen LogP contribution in [0.1, 0.15) is 16.1 Å². The first kappa shape index (κ1) is 17.6. The maximum atomic E-state index is 13.1. The van der Waals surface area contributed by atoms with Crippen molar-refractivity contribution in [2.75, 3.05) is 7.11 Å². The van der Waals surface area contributed by atoms with E-state index in [-0.39, 0.29) is 53.2 Å². The van der Waals surface area contributed by atoms with Gasteiger partial charge in [-0.15, -0.1) is 0 Å². The standard InChI is InChI=1S/C15H12FN3O3.Na.H/c1-22-8-11-6-13(9-2-4-10(16)5-3-9)19-14(18-11)12(7-17-19)15(20)21;;/h2-7H,8H2,1H3,(H,20,21);;. The van der Waals surface area contributed by atoms with Gasteiger partial charge in [-0.3, -0.25) is 0 Å². The van der Waals surface area contributed by atoms with Crippen LogP contribution in [-0.2, 0) is 11.3 Å². The second kappa shape index (κ2) is 7.18. The molecule has 0 unspecified atom stereocenters. The van der Waals surface area contributed by atoms with E-state index in [4.69, 9.17) is 4.74 Å². The summed E-state index contributed by atoms with van der Waals surface area (Å²) in [6.45, 7) is 0.231. The summed E-state index contributed by atoms with van der Waals surface area (Å²) in [5.74, 6) is -1.46. The third kappa shape index (κ3) is 3.42. The van der Waals surface area contributed by atoms with E-state index in [2.05, 4.69) is 10.1 Å². The number of fused-ring (bicyclic) bond motifs is 1. The van der Waals surface area contributed by atoms with Gasteiger partial charge in [-0.1, -0.05) is 0 Å². The SMILES string of the molecule is COCc1cc(-c2ccc(F)cc2)n2ncc(C(=O)O)c2n1.[NaH]. The van der Waals surface area contributed by atoms with Gasteiger partial charge in [0.05, 0.1) is 24.2 Å². The van der Waals surface area contributed by atoms with Crippen LogP contribution in [0, 0.1) is 5.82 Å². The Morgan fingerprint density at radius 2 is 2.04 bits per heavy atom. The number of aromatic nitrogens is 3. The third-order valence-corrected chi connectivity index (χ3v) is 3.19. The number of benzene rings is 1. The molecular weight excluding hydrogens is 312 g/mol. The molecule has 114 valence electrons. The van der Waals surface area contributed by atoms with Gasteiger partial charge in [0.25, 0.3) is 0 Å². The summed E-state index contributed by atoms with van der Waals surface area (Å²) >= 11 is 0. The van der Waals surface area contributed by atoms with Gasteiger partial charge in [-0.25, -0.2) is 18.7 Å². The summed E-state index contributed by atoms with van der Waals surface area (Å²) in [7, 11) is 1.53. The number of methoxy groups -OCH3 is 1. The molecule has 0 saturated heterocycles. The number of halogens is 1. The average molecular weight is 325 g/mol. The first-order valence-corrected chi connectivity index (χ1v) is 6.46. The van der Waals surface area contributed by atoms with E-state index in [9.17, 15) is 14.3 Å². The molecule has 1 aromatic carbocycles. The zero-order valence-electron chi connectivity index (χ0n) is 11.7. The molecule has 0 spiro atoms. The van der Waals surface area contributed by atoms with Gasteiger partial charge in [-0.05, 0) is 30.3 Å². The Balaban J connectivity index is 0.00000192. The van der Waals surface area contributed by atoms with Crippen molar-refractivity contribution >= 4 is 41.2 Å². The molecule has 0 bridgehead atoms. The van der Waals surface area contributed by atoms with E-state index < -0.39 is 5.97 Å². The predicted molar refractivity (Wildman–Crippen MR) is 83.2 cm³/mol. The Hall–Kier alpha value is -1.80. The molecule has 0 aliphatic heterocycles. The Labute approximate surface area is 153 Å². The van der Waals surface area contributed by atoms with Crippen molar-refractivity contribution in [1.82, 2.24) is 14.6 Å². The monoisotopic (exact) mass is 325 g/mol. The van der Waals surface area contributed by atoms with Gasteiger partial charge in [0, 0.05) is 12.7 Å². The predicted octanol–water partition coefficient (Wildman–Crippen LogP) is 1.73. The van der Waals surface area contributed by atoms with E-state index in [1.165, 1.54) is 30.0 Å². The molecule has 0 saturated carbocycles. The number of nitrogens with zero attached hydrogens (tertiary/aromatic N) is 3. The molecule has 3 rings (SSSR count). The van der Waals surface area contributed by atoms with Crippen molar-refractivity contribution in [3.63, 3.8) is 0 Å². The Bertz CT molecular complexity index is 849. The first-order chi connectivity index (χ1) is 10.6. The molecule has 8 heteroatoms. The number of aromatic carboxylic acids is 1. The molecule has 2 heterocycles. The normalized spacial score (nSPS) is 10.5. The summed E-state index contributed by atoms with van der Waals surface area (Å²) in [4.78, 5) is 15.5. The minimum atomic E-state index is -1.11. The maximum absolute atomic E-state index is 13.1. The summed E-state index contributed by atoms with van der Waals surface area (Å²) in [5, 5.41) is 13.3. The van der Waals surface area contributed by atoms with Crippen molar-refractivity contribution in [1.29, 1.82) is 0 Å². The van der Waals surface area contributed by atoms with Crippen LogP contribution >= 0.6 is 0 Å². The zero-order chi connectivity index (χ0) is 15.7. The van der Waals surface area contributed by atoms with Crippen LogP contribution in [-0.4, -0.2) is 62.3 Å². The van der Waals surface area contributed by atoms with Crippen LogP contribution in [0.25, 0.3) is 16.9 Å². The van der Waals surface area contributed by atoms with E-state index >= 15 is 0 Å². The molecule has 1 N–H and O–H groups in total. The number of hydrogen-bond acceptors (Lipinski definition) is 4. The molecule has 23 heavy (non-hydrogen) atoms. The first-order valence-electron chi connectivity index (χ1n) is 6.46. The van der Waals surface area contributed by atoms with Crippen molar-refractivity contribution in [2.24, 2.45) is 0 Å².